The molecule has 0 saturated heterocycles. The van der Waals surface area contributed by atoms with E-state index in [1.165, 1.54) is 28.3 Å². The zero-order chi connectivity index (χ0) is 16.5. The molecule has 2 aromatic carbocycles. The number of rotatable bonds is 4. The van der Waals surface area contributed by atoms with Crippen molar-refractivity contribution in [2.75, 3.05) is 0 Å². The summed E-state index contributed by atoms with van der Waals surface area (Å²) in [6, 6.07) is 13.9. The summed E-state index contributed by atoms with van der Waals surface area (Å²) in [7, 11) is 0. The van der Waals surface area contributed by atoms with E-state index in [9.17, 15) is 0 Å². The molecule has 0 aromatic heterocycles. The molecule has 0 spiro atoms. The van der Waals surface area contributed by atoms with Gasteiger partial charge in [0, 0.05) is 0 Å². The first-order chi connectivity index (χ1) is 10.1. The fourth-order valence-corrected chi connectivity index (χ4v) is 2.87. The monoisotopic (exact) mass is 296 g/mol. The van der Waals surface area contributed by atoms with Gasteiger partial charge in [-0.25, -0.2) is 0 Å². The van der Waals surface area contributed by atoms with Crippen molar-refractivity contribution in [3.8, 4) is 0 Å². The summed E-state index contributed by atoms with van der Waals surface area (Å²) < 4.78 is 0. The van der Waals surface area contributed by atoms with Crippen molar-refractivity contribution < 1.29 is 0 Å². The summed E-state index contributed by atoms with van der Waals surface area (Å²) >= 11 is 0. The maximum atomic E-state index is 2.40. The van der Waals surface area contributed by atoms with E-state index in [1.807, 2.05) is 0 Å². The normalized spacial score (nSPS) is 14.3. The standard InChI is InChI=1S/C22H32/c1-8-22(6,7)15-17-9-10-18-11-12-19(14-20(18)13-17)16(2)21(3,4)5/h9-14,16H,8,15H2,1-7H3. The first-order valence-corrected chi connectivity index (χ1v) is 8.65. The third-order valence-corrected chi connectivity index (χ3v) is 5.37. The third-order valence-electron chi connectivity index (χ3n) is 5.37. The minimum absolute atomic E-state index is 0.301. The van der Waals surface area contributed by atoms with Gasteiger partial charge in [0.05, 0.1) is 0 Å². The fourth-order valence-electron chi connectivity index (χ4n) is 2.87. The van der Waals surface area contributed by atoms with Crippen molar-refractivity contribution in [2.24, 2.45) is 10.8 Å². The zero-order valence-corrected chi connectivity index (χ0v) is 15.5. The van der Waals surface area contributed by atoms with Gasteiger partial charge < -0.3 is 0 Å². The molecule has 0 aliphatic carbocycles. The Morgan fingerprint density at radius 3 is 2.09 bits per heavy atom. The molecule has 0 radical (unpaired) electrons. The Balaban J connectivity index is 2.39. The molecule has 0 saturated carbocycles. The average molecular weight is 296 g/mol. The molecule has 1 atom stereocenters. The molecule has 0 nitrogen and oxygen atoms in total. The van der Waals surface area contributed by atoms with Crippen LogP contribution >= 0.6 is 0 Å². The van der Waals surface area contributed by atoms with E-state index in [0.717, 1.165) is 6.42 Å². The van der Waals surface area contributed by atoms with Crippen LogP contribution in [0.25, 0.3) is 10.8 Å². The number of benzene rings is 2. The highest BCUT2D eigenvalue weighted by atomic mass is 14.3. The summed E-state index contributed by atoms with van der Waals surface area (Å²) in [5, 5.41) is 2.74. The molecule has 0 bridgehead atoms. The minimum atomic E-state index is 0.301. The molecule has 2 rings (SSSR count). The second-order valence-electron chi connectivity index (χ2n) is 8.72. The first-order valence-electron chi connectivity index (χ1n) is 8.65. The minimum Gasteiger partial charge on any atom is -0.0649 e. The molecule has 0 fully saturated rings. The summed E-state index contributed by atoms with van der Waals surface area (Å²) in [6.07, 6.45) is 2.37. The van der Waals surface area contributed by atoms with E-state index in [2.05, 4.69) is 84.9 Å². The van der Waals surface area contributed by atoms with Crippen LogP contribution in [0.3, 0.4) is 0 Å². The largest absolute Gasteiger partial charge is 0.0649 e. The zero-order valence-electron chi connectivity index (χ0n) is 15.5. The molecule has 0 heterocycles. The highest BCUT2D eigenvalue weighted by Gasteiger charge is 2.22. The van der Waals surface area contributed by atoms with Gasteiger partial charge in [-0.05, 0) is 45.1 Å². The van der Waals surface area contributed by atoms with Gasteiger partial charge in [-0.15, -0.1) is 0 Å². The van der Waals surface area contributed by atoms with E-state index in [4.69, 9.17) is 0 Å². The molecular weight excluding hydrogens is 264 g/mol. The van der Waals surface area contributed by atoms with Crippen LogP contribution < -0.4 is 0 Å². The molecule has 0 amide bonds. The van der Waals surface area contributed by atoms with Gasteiger partial charge in [0.2, 0.25) is 0 Å². The van der Waals surface area contributed by atoms with Crippen molar-refractivity contribution in [1.29, 1.82) is 0 Å². The maximum absolute atomic E-state index is 2.40. The van der Waals surface area contributed by atoms with Crippen molar-refractivity contribution >= 4 is 10.8 Å². The lowest BCUT2D eigenvalue weighted by Crippen LogP contribution is -2.15. The van der Waals surface area contributed by atoms with Gasteiger partial charge >= 0.3 is 0 Å². The lowest BCUT2D eigenvalue weighted by Gasteiger charge is -2.28. The van der Waals surface area contributed by atoms with Crippen LogP contribution in [-0.4, -0.2) is 0 Å². The van der Waals surface area contributed by atoms with Gasteiger partial charge in [-0.1, -0.05) is 91.3 Å². The van der Waals surface area contributed by atoms with Crippen molar-refractivity contribution in [2.45, 2.75) is 67.2 Å². The van der Waals surface area contributed by atoms with Gasteiger partial charge in [0.15, 0.2) is 0 Å². The van der Waals surface area contributed by atoms with Crippen molar-refractivity contribution in [1.82, 2.24) is 0 Å². The van der Waals surface area contributed by atoms with E-state index in [-0.39, 0.29) is 0 Å². The molecule has 0 aliphatic rings. The second-order valence-corrected chi connectivity index (χ2v) is 8.72. The Morgan fingerprint density at radius 1 is 0.864 bits per heavy atom. The van der Waals surface area contributed by atoms with E-state index < -0.39 is 0 Å². The molecule has 1 unspecified atom stereocenters. The second kappa shape index (κ2) is 6.07. The van der Waals surface area contributed by atoms with Gasteiger partial charge in [-0.3, -0.25) is 0 Å². The SMILES string of the molecule is CCC(C)(C)Cc1ccc2ccc(C(C)C(C)(C)C)cc2c1. The van der Waals surface area contributed by atoms with Crippen LogP contribution in [-0.2, 0) is 6.42 Å². The Morgan fingerprint density at radius 2 is 1.50 bits per heavy atom. The highest BCUT2D eigenvalue weighted by molar-refractivity contribution is 5.84. The van der Waals surface area contributed by atoms with Crippen LogP contribution in [0.15, 0.2) is 36.4 Å². The Hall–Kier alpha value is -1.30. The fraction of sp³-hybridized carbons (Fsp3) is 0.545. The molecular formula is C22H32. The van der Waals surface area contributed by atoms with Gasteiger partial charge in [0.1, 0.15) is 0 Å². The topological polar surface area (TPSA) is 0 Å². The molecule has 0 N–H and O–H groups in total. The molecule has 0 aliphatic heterocycles. The van der Waals surface area contributed by atoms with Crippen LogP contribution in [0, 0.1) is 10.8 Å². The summed E-state index contributed by atoms with van der Waals surface area (Å²) in [5.74, 6) is 0.563. The smallest absolute Gasteiger partial charge is 0.0141 e. The first kappa shape index (κ1) is 17.1. The Kier molecular flexibility index (Phi) is 4.70. The van der Waals surface area contributed by atoms with E-state index in [0.29, 0.717) is 16.7 Å². The van der Waals surface area contributed by atoms with Crippen molar-refractivity contribution in [3.63, 3.8) is 0 Å². The maximum Gasteiger partial charge on any atom is -0.0141 e. The lowest BCUT2D eigenvalue weighted by molar-refractivity contribution is 0.340. The molecule has 22 heavy (non-hydrogen) atoms. The Labute approximate surface area is 136 Å². The lowest BCUT2D eigenvalue weighted by atomic mass is 9.77. The van der Waals surface area contributed by atoms with Crippen LogP contribution in [0.5, 0.6) is 0 Å². The summed E-state index contributed by atoms with van der Waals surface area (Å²) in [4.78, 5) is 0. The van der Waals surface area contributed by atoms with Crippen LogP contribution in [0.2, 0.25) is 0 Å². The van der Waals surface area contributed by atoms with E-state index in [1.54, 1.807) is 0 Å². The average Bonchev–Trinajstić information content (AvgIpc) is 2.44. The number of fused-ring (bicyclic) bond motifs is 1. The number of hydrogen-bond acceptors (Lipinski definition) is 0. The molecule has 0 heteroatoms. The summed E-state index contributed by atoms with van der Waals surface area (Å²) in [5.41, 5.74) is 3.59. The van der Waals surface area contributed by atoms with Gasteiger partial charge in [0.25, 0.3) is 0 Å². The number of hydrogen-bond donors (Lipinski definition) is 0. The quantitative estimate of drug-likeness (QED) is 0.571. The predicted octanol–water partition coefficient (Wildman–Crippen LogP) is 6.97. The molecule has 2 aromatic rings. The highest BCUT2D eigenvalue weighted by Crippen LogP contribution is 2.36. The van der Waals surface area contributed by atoms with Gasteiger partial charge in [-0.2, -0.15) is 0 Å². The Bertz CT molecular complexity index is 641. The van der Waals surface area contributed by atoms with Crippen LogP contribution in [0.4, 0.5) is 0 Å². The molecule has 120 valence electrons. The summed E-state index contributed by atoms with van der Waals surface area (Å²) in [6.45, 7) is 16.3. The predicted molar refractivity (Wildman–Crippen MR) is 99.6 cm³/mol. The van der Waals surface area contributed by atoms with Crippen LogP contribution in [0.1, 0.15) is 71.9 Å². The van der Waals surface area contributed by atoms with Crippen molar-refractivity contribution in [3.05, 3.63) is 47.5 Å². The third kappa shape index (κ3) is 3.91. The van der Waals surface area contributed by atoms with E-state index >= 15 is 0 Å².